The zero-order chi connectivity index (χ0) is 8.97. The first-order valence-corrected chi connectivity index (χ1v) is 3.53. The van der Waals surface area contributed by atoms with Crippen molar-refractivity contribution in [3.8, 4) is 0 Å². The van der Waals surface area contributed by atoms with E-state index in [0.29, 0.717) is 12.4 Å². The van der Waals surface area contributed by atoms with Crippen LogP contribution in [0.25, 0.3) is 0 Å². The van der Waals surface area contributed by atoms with E-state index in [0.717, 1.165) is 0 Å². The molecule has 0 spiro atoms. The number of likely N-dealkylation sites (N-methyl/N-ethyl adjacent to an activating group) is 1. The third kappa shape index (κ3) is 2.71. The smallest absolute Gasteiger partial charge is 0.239 e. The van der Waals surface area contributed by atoms with Crippen LogP contribution in [-0.4, -0.2) is 36.6 Å². The minimum absolute atomic E-state index is 0.103. The molecular weight excluding hydrogens is 158 g/mol. The van der Waals surface area contributed by atoms with Crippen LogP contribution in [0.3, 0.4) is 0 Å². The van der Waals surface area contributed by atoms with Gasteiger partial charge in [-0.2, -0.15) is 0 Å². The highest BCUT2D eigenvalue weighted by molar-refractivity contribution is 5.91. The Morgan fingerprint density at radius 2 is 2.50 bits per heavy atom. The number of hydrogen-bond acceptors (Lipinski definition) is 4. The van der Waals surface area contributed by atoms with Crippen LogP contribution in [0.5, 0.6) is 0 Å². The molecule has 0 unspecified atom stereocenters. The molecule has 0 saturated carbocycles. The van der Waals surface area contributed by atoms with Gasteiger partial charge in [0.2, 0.25) is 5.91 Å². The van der Waals surface area contributed by atoms with Gasteiger partial charge in [-0.3, -0.25) is 4.79 Å². The highest BCUT2D eigenvalue weighted by atomic mass is 16.5. The molecule has 0 aromatic carbocycles. The molecule has 1 rings (SSSR count). The zero-order valence-corrected chi connectivity index (χ0v) is 7.07. The summed E-state index contributed by atoms with van der Waals surface area (Å²) >= 11 is 0. The molecule has 0 aliphatic carbocycles. The van der Waals surface area contributed by atoms with Crippen LogP contribution >= 0.6 is 0 Å². The van der Waals surface area contributed by atoms with Gasteiger partial charge in [-0.15, -0.1) is 0 Å². The Labute approximate surface area is 70.3 Å². The summed E-state index contributed by atoms with van der Waals surface area (Å²) in [5, 5.41) is 6.11. The fourth-order valence-electron chi connectivity index (χ4n) is 0.747. The van der Waals surface area contributed by atoms with Gasteiger partial charge in [0, 0.05) is 6.07 Å². The van der Waals surface area contributed by atoms with E-state index in [9.17, 15) is 4.79 Å². The van der Waals surface area contributed by atoms with Crippen LogP contribution in [-0.2, 0) is 4.79 Å². The van der Waals surface area contributed by atoms with Crippen LogP contribution < -0.4 is 5.32 Å². The SMILES string of the molecule is CN(C)CC(=O)Nc1ccon1. The van der Waals surface area contributed by atoms with Crippen LogP contribution in [0.2, 0.25) is 0 Å². The number of hydrogen-bond donors (Lipinski definition) is 1. The molecule has 0 fully saturated rings. The van der Waals surface area contributed by atoms with E-state index in [1.807, 2.05) is 14.1 Å². The van der Waals surface area contributed by atoms with Gasteiger partial charge in [0.15, 0.2) is 5.82 Å². The van der Waals surface area contributed by atoms with E-state index in [1.165, 1.54) is 6.26 Å². The number of aromatic nitrogens is 1. The van der Waals surface area contributed by atoms with Gasteiger partial charge in [-0.25, -0.2) is 0 Å². The largest absolute Gasteiger partial charge is 0.363 e. The fraction of sp³-hybridized carbons (Fsp3) is 0.429. The van der Waals surface area contributed by atoms with Crippen molar-refractivity contribution in [2.24, 2.45) is 0 Å². The molecule has 5 heteroatoms. The van der Waals surface area contributed by atoms with Gasteiger partial charge in [0.25, 0.3) is 0 Å². The van der Waals surface area contributed by atoms with Gasteiger partial charge >= 0.3 is 0 Å². The second-order valence-electron chi connectivity index (χ2n) is 2.67. The number of nitrogens with zero attached hydrogens (tertiary/aromatic N) is 2. The van der Waals surface area contributed by atoms with E-state index < -0.39 is 0 Å². The van der Waals surface area contributed by atoms with Crippen LogP contribution in [0.4, 0.5) is 5.82 Å². The first kappa shape index (κ1) is 8.73. The summed E-state index contributed by atoms with van der Waals surface area (Å²) in [6.07, 6.45) is 1.41. The predicted octanol–water partition coefficient (Wildman–Crippen LogP) is 0.175. The highest BCUT2D eigenvalue weighted by Crippen LogP contribution is 1.99. The van der Waals surface area contributed by atoms with Crippen molar-refractivity contribution in [3.05, 3.63) is 12.3 Å². The van der Waals surface area contributed by atoms with E-state index in [-0.39, 0.29) is 5.91 Å². The Kier molecular flexibility index (Phi) is 2.82. The maximum Gasteiger partial charge on any atom is 0.239 e. The lowest BCUT2D eigenvalue weighted by molar-refractivity contribution is -0.116. The van der Waals surface area contributed by atoms with Crippen molar-refractivity contribution in [1.82, 2.24) is 10.1 Å². The Morgan fingerprint density at radius 3 is 3.00 bits per heavy atom. The predicted molar refractivity (Wildman–Crippen MR) is 43.7 cm³/mol. The summed E-state index contributed by atoms with van der Waals surface area (Å²) in [5.74, 6) is 0.343. The molecule has 1 aromatic rings. The molecule has 0 bridgehead atoms. The summed E-state index contributed by atoms with van der Waals surface area (Å²) < 4.78 is 4.54. The molecule has 1 amide bonds. The molecule has 0 saturated heterocycles. The molecule has 12 heavy (non-hydrogen) atoms. The van der Waals surface area contributed by atoms with Crippen molar-refractivity contribution < 1.29 is 9.32 Å². The number of nitrogens with one attached hydrogen (secondary N) is 1. The lowest BCUT2D eigenvalue weighted by atomic mass is 10.5. The molecule has 5 nitrogen and oxygen atoms in total. The molecule has 0 aliphatic rings. The number of carbonyl (C=O) groups excluding carboxylic acids is 1. The lowest BCUT2D eigenvalue weighted by Gasteiger charge is -2.07. The summed E-state index contributed by atoms with van der Waals surface area (Å²) in [4.78, 5) is 12.9. The molecule has 0 aliphatic heterocycles. The number of anilines is 1. The average molecular weight is 169 g/mol. The topological polar surface area (TPSA) is 58.4 Å². The average Bonchev–Trinajstić information content (AvgIpc) is 2.37. The number of rotatable bonds is 3. The third-order valence-electron chi connectivity index (χ3n) is 1.17. The number of amides is 1. The van der Waals surface area contributed by atoms with Gasteiger partial charge in [-0.1, -0.05) is 5.16 Å². The second kappa shape index (κ2) is 3.87. The first-order valence-electron chi connectivity index (χ1n) is 3.53. The summed E-state index contributed by atoms with van der Waals surface area (Å²) in [6, 6.07) is 1.59. The van der Waals surface area contributed by atoms with E-state index >= 15 is 0 Å². The maximum atomic E-state index is 11.1. The normalized spacial score (nSPS) is 10.2. The van der Waals surface area contributed by atoms with Gasteiger partial charge in [0.1, 0.15) is 6.26 Å². The molecule has 1 aromatic heterocycles. The van der Waals surface area contributed by atoms with Gasteiger partial charge in [0.05, 0.1) is 6.54 Å². The van der Waals surface area contributed by atoms with E-state index in [2.05, 4.69) is 15.0 Å². The van der Waals surface area contributed by atoms with Crippen molar-refractivity contribution >= 4 is 11.7 Å². The summed E-state index contributed by atoms with van der Waals surface area (Å²) in [6.45, 7) is 0.340. The minimum atomic E-state index is -0.103. The van der Waals surface area contributed by atoms with Gasteiger partial charge in [-0.05, 0) is 14.1 Å². The van der Waals surface area contributed by atoms with Crippen molar-refractivity contribution in [1.29, 1.82) is 0 Å². The first-order chi connectivity index (χ1) is 5.68. The molecule has 0 radical (unpaired) electrons. The molecule has 0 atom stereocenters. The highest BCUT2D eigenvalue weighted by Gasteiger charge is 2.04. The van der Waals surface area contributed by atoms with Crippen molar-refractivity contribution in [3.63, 3.8) is 0 Å². The van der Waals surface area contributed by atoms with E-state index in [4.69, 9.17) is 0 Å². The van der Waals surface area contributed by atoms with Crippen molar-refractivity contribution in [2.75, 3.05) is 26.0 Å². The van der Waals surface area contributed by atoms with Crippen LogP contribution in [0.1, 0.15) is 0 Å². The third-order valence-corrected chi connectivity index (χ3v) is 1.17. The fourth-order valence-corrected chi connectivity index (χ4v) is 0.747. The van der Waals surface area contributed by atoms with E-state index in [1.54, 1.807) is 11.0 Å². The Morgan fingerprint density at radius 1 is 1.75 bits per heavy atom. The molecule has 1 heterocycles. The standard InChI is InChI=1S/C7H11N3O2/c1-10(2)5-7(11)8-6-3-4-12-9-6/h3-4H,5H2,1-2H3,(H,8,9,11). The lowest BCUT2D eigenvalue weighted by Crippen LogP contribution is -2.27. The number of carbonyl (C=O) groups is 1. The quantitative estimate of drug-likeness (QED) is 0.701. The summed E-state index contributed by atoms with van der Waals surface area (Å²) in [5.41, 5.74) is 0. The van der Waals surface area contributed by atoms with Crippen LogP contribution in [0.15, 0.2) is 16.9 Å². The molecule has 66 valence electrons. The molecular formula is C7H11N3O2. The maximum absolute atomic E-state index is 11.1. The zero-order valence-electron chi connectivity index (χ0n) is 7.07. The monoisotopic (exact) mass is 169 g/mol. The van der Waals surface area contributed by atoms with Crippen LogP contribution in [0, 0.1) is 0 Å². The van der Waals surface area contributed by atoms with Crippen molar-refractivity contribution in [2.45, 2.75) is 0 Å². The Balaban J connectivity index is 2.37. The minimum Gasteiger partial charge on any atom is -0.363 e. The summed E-state index contributed by atoms with van der Waals surface area (Å²) in [7, 11) is 3.64. The van der Waals surface area contributed by atoms with Gasteiger partial charge < -0.3 is 14.7 Å². The Hall–Kier alpha value is -1.36. The Bertz CT molecular complexity index is 243. The molecule has 1 N–H and O–H groups in total. The second-order valence-corrected chi connectivity index (χ2v) is 2.67.